The number of rotatable bonds is 5. The lowest BCUT2D eigenvalue weighted by atomic mass is 9.82. The van der Waals surface area contributed by atoms with Crippen molar-refractivity contribution in [2.24, 2.45) is 0 Å². The normalized spacial score (nSPS) is 18.8. The molecule has 0 bridgehead atoms. The highest BCUT2D eigenvalue weighted by atomic mass is 16.5. The van der Waals surface area contributed by atoms with Gasteiger partial charge >= 0.3 is 6.03 Å². The summed E-state index contributed by atoms with van der Waals surface area (Å²) in [6.07, 6.45) is 7.44. The lowest BCUT2D eigenvalue weighted by molar-refractivity contribution is 0.206. The zero-order valence-corrected chi connectivity index (χ0v) is 19.8. The van der Waals surface area contributed by atoms with E-state index in [-0.39, 0.29) is 11.4 Å². The van der Waals surface area contributed by atoms with E-state index in [1.807, 2.05) is 54.5 Å². The zero-order chi connectivity index (χ0) is 23.8. The van der Waals surface area contributed by atoms with Crippen LogP contribution >= 0.6 is 0 Å². The van der Waals surface area contributed by atoms with Crippen LogP contribution in [0.1, 0.15) is 31.0 Å². The maximum atomic E-state index is 12.4. The Morgan fingerprint density at radius 2 is 2.06 bits per heavy atom. The van der Waals surface area contributed by atoms with E-state index in [0.29, 0.717) is 13.2 Å². The van der Waals surface area contributed by atoms with Gasteiger partial charge in [0.15, 0.2) is 0 Å². The van der Waals surface area contributed by atoms with Gasteiger partial charge in [-0.1, -0.05) is 12.1 Å². The standard InChI is InChI=1S/C27H28N6O2/c1-2-29-26(34)32-11-8-27(18-32)9-12-33-25(27)14-23(31-33)20-13-21-22(30-16-20)6-3-7-24(21)35-17-19-5-4-10-28-15-19/h3-7,10,13-16H,2,8-9,11-12,17-18H2,1H3,(H,29,34). The zero-order valence-electron chi connectivity index (χ0n) is 19.8. The van der Waals surface area contributed by atoms with Crippen LogP contribution in [0.3, 0.4) is 0 Å². The first-order valence-electron chi connectivity index (χ1n) is 12.2. The molecule has 5 heterocycles. The molecule has 178 valence electrons. The van der Waals surface area contributed by atoms with Gasteiger partial charge < -0.3 is 15.0 Å². The third-order valence-electron chi connectivity index (χ3n) is 7.19. The van der Waals surface area contributed by atoms with Crippen molar-refractivity contribution in [1.82, 2.24) is 30.0 Å². The van der Waals surface area contributed by atoms with Crippen LogP contribution in [0.5, 0.6) is 5.75 Å². The molecule has 1 N–H and O–H groups in total. The molecule has 2 amide bonds. The summed E-state index contributed by atoms with van der Waals surface area (Å²) in [5.41, 5.74) is 4.98. The molecule has 4 aromatic rings. The second kappa shape index (κ2) is 8.69. The predicted molar refractivity (Wildman–Crippen MR) is 133 cm³/mol. The summed E-state index contributed by atoms with van der Waals surface area (Å²) in [6.45, 7) is 5.44. The molecule has 8 nitrogen and oxygen atoms in total. The number of ether oxygens (including phenoxy) is 1. The number of hydrogen-bond donors (Lipinski definition) is 1. The molecule has 1 saturated heterocycles. The Labute approximate surface area is 203 Å². The van der Waals surface area contributed by atoms with Crippen molar-refractivity contribution >= 4 is 16.9 Å². The molecule has 3 aromatic heterocycles. The van der Waals surface area contributed by atoms with E-state index >= 15 is 0 Å². The summed E-state index contributed by atoms with van der Waals surface area (Å²) in [4.78, 5) is 23.2. The molecular formula is C27H28N6O2. The van der Waals surface area contributed by atoms with Crippen molar-refractivity contribution in [3.8, 4) is 17.0 Å². The predicted octanol–water partition coefficient (Wildman–Crippen LogP) is 4.15. The van der Waals surface area contributed by atoms with E-state index in [0.717, 1.165) is 65.9 Å². The number of nitrogens with one attached hydrogen (secondary N) is 1. The van der Waals surface area contributed by atoms with Crippen LogP contribution in [-0.2, 0) is 18.6 Å². The molecule has 1 aromatic carbocycles. The average Bonchev–Trinajstić information content (AvgIpc) is 3.60. The topological polar surface area (TPSA) is 85.2 Å². The van der Waals surface area contributed by atoms with Crippen LogP contribution in [-0.4, -0.2) is 50.3 Å². The van der Waals surface area contributed by atoms with E-state index in [2.05, 4.69) is 27.1 Å². The monoisotopic (exact) mass is 468 g/mol. The number of aromatic nitrogens is 4. The third kappa shape index (κ3) is 3.88. The van der Waals surface area contributed by atoms with Crippen LogP contribution in [0.2, 0.25) is 0 Å². The Hall–Kier alpha value is -3.94. The molecule has 1 unspecified atom stereocenters. The highest BCUT2D eigenvalue weighted by Crippen LogP contribution is 2.44. The molecule has 2 aliphatic rings. The number of aryl methyl sites for hydroxylation is 1. The summed E-state index contributed by atoms with van der Waals surface area (Å²) in [6, 6.07) is 14.2. The van der Waals surface area contributed by atoms with Crippen LogP contribution in [0, 0.1) is 0 Å². The first kappa shape index (κ1) is 21.6. The highest BCUT2D eigenvalue weighted by molar-refractivity contribution is 5.88. The van der Waals surface area contributed by atoms with Crippen LogP contribution in [0.15, 0.2) is 61.1 Å². The van der Waals surface area contributed by atoms with Crippen molar-refractivity contribution in [2.75, 3.05) is 19.6 Å². The summed E-state index contributed by atoms with van der Waals surface area (Å²) in [5, 5.41) is 8.82. The maximum Gasteiger partial charge on any atom is 0.317 e. The minimum absolute atomic E-state index is 0.0153. The summed E-state index contributed by atoms with van der Waals surface area (Å²) < 4.78 is 8.26. The number of hydrogen-bond acceptors (Lipinski definition) is 5. The van der Waals surface area contributed by atoms with Crippen molar-refractivity contribution < 1.29 is 9.53 Å². The third-order valence-corrected chi connectivity index (χ3v) is 7.19. The molecule has 1 spiro atoms. The molecule has 1 fully saturated rings. The minimum atomic E-state index is -0.0153. The molecule has 6 rings (SSSR count). The van der Waals surface area contributed by atoms with Gasteiger partial charge in [0.05, 0.1) is 11.2 Å². The number of carbonyl (C=O) groups is 1. The van der Waals surface area contributed by atoms with Crippen LogP contribution in [0.25, 0.3) is 22.2 Å². The number of benzene rings is 1. The number of fused-ring (bicyclic) bond motifs is 3. The fourth-order valence-corrected chi connectivity index (χ4v) is 5.36. The minimum Gasteiger partial charge on any atom is -0.488 e. The van der Waals surface area contributed by atoms with E-state index in [9.17, 15) is 4.79 Å². The average molecular weight is 469 g/mol. The van der Waals surface area contributed by atoms with Gasteiger partial charge in [-0.25, -0.2) is 4.79 Å². The van der Waals surface area contributed by atoms with Gasteiger partial charge in [0.2, 0.25) is 0 Å². The molecule has 35 heavy (non-hydrogen) atoms. The number of likely N-dealkylation sites (tertiary alicyclic amines) is 1. The first-order chi connectivity index (χ1) is 17.1. The first-order valence-corrected chi connectivity index (χ1v) is 12.2. The van der Waals surface area contributed by atoms with Crippen molar-refractivity contribution in [3.05, 3.63) is 72.3 Å². The number of urea groups is 1. The highest BCUT2D eigenvalue weighted by Gasteiger charge is 2.46. The summed E-state index contributed by atoms with van der Waals surface area (Å²) >= 11 is 0. The number of pyridine rings is 2. The maximum absolute atomic E-state index is 12.4. The molecule has 2 aliphatic heterocycles. The van der Waals surface area contributed by atoms with Gasteiger partial charge in [-0.2, -0.15) is 5.10 Å². The van der Waals surface area contributed by atoms with E-state index in [4.69, 9.17) is 14.8 Å². The van der Waals surface area contributed by atoms with Crippen LogP contribution in [0.4, 0.5) is 4.79 Å². The van der Waals surface area contributed by atoms with E-state index < -0.39 is 0 Å². The second-order valence-corrected chi connectivity index (χ2v) is 9.37. The van der Waals surface area contributed by atoms with Crippen LogP contribution < -0.4 is 10.1 Å². The van der Waals surface area contributed by atoms with E-state index in [1.165, 1.54) is 5.69 Å². The molecular weight excluding hydrogens is 440 g/mol. The molecule has 8 heteroatoms. The number of amides is 2. The molecule has 1 atom stereocenters. The van der Waals surface area contributed by atoms with Crippen molar-refractivity contribution in [2.45, 2.75) is 38.3 Å². The summed E-state index contributed by atoms with van der Waals surface area (Å²) in [5.74, 6) is 0.789. The van der Waals surface area contributed by atoms with Gasteiger partial charge in [0, 0.05) is 72.4 Å². The van der Waals surface area contributed by atoms with Gasteiger partial charge in [0.25, 0.3) is 0 Å². The fraction of sp³-hybridized carbons (Fsp3) is 0.333. The Morgan fingerprint density at radius 3 is 2.91 bits per heavy atom. The molecule has 0 aliphatic carbocycles. The van der Waals surface area contributed by atoms with Crippen molar-refractivity contribution in [3.63, 3.8) is 0 Å². The lowest BCUT2D eigenvalue weighted by Gasteiger charge is -2.23. The van der Waals surface area contributed by atoms with Crippen molar-refractivity contribution in [1.29, 1.82) is 0 Å². The number of nitrogens with zero attached hydrogens (tertiary/aromatic N) is 5. The fourth-order valence-electron chi connectivity index (χ4n) is 5.36. The van der Waals surface area contributed by atoms with Gasteiger partial charge in [-0.3, -0.25) is 14.6 Å². The molecule has 0 saturated carbocycles. The quantitative estimate of drug-likeness (QED) is 0.476. The Balaban J connectivity index is 1.28. The van der Waals surface area contributed by atoms with Gasteiger partial charge in [-0.05, 0) is 50.1 Å². The Morgan fingerprint density at radius 1 is 1.14 bits per heavy atom. The SMILES string of the molecule is CCNC(=O)N1CCC2(CCn3nc(-c4cnc5cccc(OCc6cccnc6)c5c4)cc32)C1. The van der Waals surface area contributed by atoms with E-state index in [1.54, 1.807) is 6.20 Å². The summed E-state index contributed by atoms with van der Waals surface area (Å²) in [7, 11) is 0. The Bertz CT molecular complexity index is 1390. The van der Waals surface area contributed by atoms with Gasteiger partial charge in [0.1, 0.15) is 12.4 Å². The van der Waals surface area contributed by atoms with Gasteiger partial charge in [-0.15, -0.1) is 0 Å². The smallest absolute Gasteiger partial charge is 0.317 e. The Kier molecular flexibility index (Phi) is 5.36. The lowest BCUT2D eigenvalue weighted by Crippen LogP contribution is -2.40. The molecule has 0 radical (unpaired) electrons. The largest absolute Gasteiger partial charge is 0.488 e. The number of carbonyl (C=O) groups excluding carboxylic acids is 1. The second-order valence-electron chi connectivity index (χ2n) is 9.37.